The summed E-state index contributed by atoms with van der Waals surface area (Å²) < 4.78 is 5.34. The third kappa shape index (κ3) is 6.29. The third-order valence-corrected chi connectivity index (χ3v) is 4.22. The molecule has 2 rings (SSSR count). The lowest BCUT2D eigenvalue weighted by Crippen LogP contribution is -2.38. The van der Waals surface area contributed by atoms with E-state index in [1.807, 2.05) is 25.1 Å². The highest BCUT2D eigenvalue weighted by atomic mass is 32.1. The summed E-state index contributed by atoms with van der Waals surface area (Å²) >= 11 is 1.66. The van der Waals surface area contributed by atoms with Gasteiger partial charge in [0.2, 0.25) is 0 Å². The average molecular weight is 347 g/mol. The predicted octanol–water partition coefficient (Wildman–Crippen LogP) is 3.29. The Balaban J connectivity index is 1.87. The smallest absolute Gasteiger partial charge is 0.191 e. The summed E-state index contributed by atoms with van der Waals surface area (Å²) in [6, 6.07) is 10.2. The van der Waals surface area contributed by atoms with Crippen LogP contribution in [0.2, 0.25) is 0 Å². The molecule has 5 nitrogen and oxygen atoms in total. The molecule has 0 radical (unpaired) electrons. The second-order valence-corrected chi connectivity index (χ2v) is 6.04. The van der Waals surface area contributed by atoms with E-state index in [1.165, 1.54) is 0 Å². The average Bonchev–Trinajstić information content (AvgIpc) is 3.09. The van der Waals surface area contributed by atoms with Gasteiger partial charge in [-0.15, -0.1) is 11.3 Å². The fourth-order valence-electron chi connectivity index (χ4n) is 2.12. The molecule has 130 valence electrons. The topological polar surface area (TPSA) is 58.5 Å². The van der Waals surface area contributed by atoms with Crippen molar-refractivity contribution >= 4 is 17.3 Å². The number of rotatable bonds is 9. The number of aromatic nitrogens is 1. The summed E-state index contributed by atoms with van der Waals surface area (Å²) in [5, 5.41) is 9.69. The van der Waals surface area contributed by atoms with Crippen molar-refractivity contribution in [3.05, 3.63) is 41.4 Å². The standard InChI is InChI=1S/C18H26N4OS/c1-3-19-18(20-11-8-12-23-4-2)21-13-16-14-24-17(22-16)15-9-6-5-7-10-15/h5-7,9-10,14H,3-4,8,11-13H2,1-2H3,(H2,19,20,21). The largest absolute Gasteiger partial charge is 0.382 e. The summed E-state index contributed by atoms with van der Waals surface area (Å²) in [6.45, 7) is 7.87. The highest BCUT2D eigenvalue weighted by Crippen LogP contribution is 2.23. The first kappa shape index (κ1) is 18.4. The minimum Gasteiger partial charge on any atom is -0.382 e. The Morgan fingerprint density at radius 1 is 1.21 bits per heavy atom. The van der Waals surface area contributed by atoms with E-state index in [1.54, 1.807) is 11.3 Å². The van der Waals surface area contributed by atoms with Gasteiger partial charge < -0.3 is 15.4 Å². The van der Waals surface area contributed by atoms with Crippen molar-refractivity contribution < 1.29 is 4.74 Å². The third-order valence-electron chi connectivity index (χ3n) is 3.28. The maximum Gasteiger partial charge on any atom is 0.191 e. The highest BCUT2D eigenvalue weighted by Gasteiger charge is 2.04. The van der Waals surface area contributed by atoms with E-state index in [0.717, 1.165) is 54.9 Å². The van der Waals surface area contributed by atoms with Gasteiger partial charge in [-0.05, 0) is 20.3 Å². The molecule has 0 unspecified atom stereocenters. The van der Waals surface area contributed by atoms with Gasteiger partial charge in [0.25, 0.3) is 0 Å². The first-order chi connectivity index (χ1) is 11.8. The van der Waals surface area contributed by atoms with Crippen LogP contribution in [-0.4, -0.2) is 37.2 Å². The number of nitrogens with zero attached hydrogens (tertiary/aromatic N) is 2. The number of thiazole rings is 1. The van der Waals surface area contributed by atoms with E-state index in [2.05, 4.69) is 45.0 Å². The van der Waals surface area contributed by atoms with Crippen LogP contribution in [0.1, 0.15) is 26.0 Å². The number of nitrogens with one attached hydrogen (secondary N) is 2. The molecule has 0 bridgehead atoms. The summed E-state index contributed by atoms with van der Waals surface area (Å²) in [4.78, 5) is 9.28. The van der Waals surface area contributed by atoms with Crippen molar-refractivity contribution in [2.45, 2.75) is 26.8 Å². The molecule has 1 aromatic carbocycles. The molecule has 6 heteroatoms. The van der Waals surface area contributed by atoms with E-state index in [-0.39, 0.29) is 0 Å². The van der Waals surface area contributed by atoms with E-state index in [0.29, 0.717) is 6.54 Å². The Hall–Kier alpha value is -1.92. The van der Waals surface area contributed by atoms with Crippen molar-refractivity contribution in [2.75, 3.05) is 26.3 Å². The monoisotopic (exact) mass is 346 g/mol. The summed E-state index contributed by atoms with van der Waals surface area (Å²) in [7, 11) is 0. The summed E-state index contributed by atoms with van der Waals surface area (Å²) in [5.74, 6) is 0.822. The molecular weight excluding hydrogens is 320 g/mol. The SMILES string of the molecule is CCNC(=NCc1csc(-c2ccccc2)n1)NCCCOCC. The fraction of sp³-hybridized carbons (Fsp3) is 0.444. The first-order valence-corrected chi connectivity index (χ1v) is 9.31. The lowest BCUT2D eigenvalue weighted by atomic mass is 10.2. The Labute approximate surface area is 148 Å². The van der Waals surface area contributed by atoms with E-state index in [4.69, 9.17) is 4.74 Å². The number of aliphatic imine (C=N–C) groups is 1. The van der Waals surface area contributed by atoms with Gasteiger partial charge in [0.05, 0.1) is 12.2 Å². The second kappa shape index (κ2) is 10.8. The Morgan fingerprint density at radius 3 is 2.79 bits per heavy atom. The van der Waals surface area contributed by atoms with Crippen molar-refractivity contribution in [3.63, 3.8) is 0 Å². The molecule has 0 saturated heterocycles. The molecule has 0 amide bonds. The summed E-state index contributed by atoms with van der Waals surface area (Å²) in [5.41, 5.74) is 2.14. The molecule has 0 saturated carbocycles. The van der Waals surface area contributed by atoms with Gasteiger partial charge in [0, 0.05) is 37.2 Å². The van der Waals surface area contributed by atoms with Gasteiger partial charge >= 0.3 is 0 Å². The molecule has 2 aromatic rings. The molecule has 0 spiro atoms. The van der Waals surface area contributed by atoms with Crippen LogP contribution >= 0.6 is 11.3 Å². The molecule has 0 aliphatic rings. The zero-order valence-electron chi connectivity index (χ0n) is 14.4. The zero-order chi connectivity index (χ0) is 17.0. The van der Waals surface area contributed by atoms with Crippen LogP contribution in [0.25, 0.3) is 10.6 Å². The van der Waals surface area contributed by atoms with Gasteiger partial charge in [-0.2, -0.15) is 0 Å². The molecule has 24 heavy (non-hydrogen) atoms. The van der Waals surface area contributed by atoms with Crippen LogP contribution in [0, 0.1) is 0 Å². The minimum atomic E-state index is 0.574. The molecule has 1 aromatic heterocycles. The van der Waals surface area contributed by atoms with Crippen molar-refractivity contribution in [1.82, 2.24) is 15.6 Å². The van der Waals surface area contributed by atoms with Gasteiger partial charge in [0.15, 0.2) is 5.96 Å². The molecule has 0 atom stereocenters. The Kier molecular flexibility index (Phi) is 8.27. The lowest BCUT2D eigenvalue weighted by molar-refractivity contribution is 0.145. The van der Waals surface area contributed by atoms with Crippen LogP contribution in [0.4, 0.5) is 0 Å². The van der Waals surface area contributed by atoms with Gasteiger partial charge in [-0.3, -0.25) is 0 Å². The van der Waals surface area contributed by atoms with Crippen molar-refractivity contribution in [1.29, 1.82) is 0 Å². The number of benzene rings is 1. The number of ether oxygens (including phenoxy) is 1. The van der Waals surface area contributed by atoms with Crippen molar-refractivity contribution in [3.8, 4) is 10.6 Å². The van der Waals surface area contributed by atoms with Crippen LogP contribution in [0.15, 0.2) is 40.7 Å². The van der Waals surface area contributed by atoms with Crippen LogP contribution in [0.3, 0.4) is 0 Å². The molecule has 1 heterocycles. The van der Waals surface area contributed by atoms with Gasteiger partial charge in [0.1, 0.15) is 5.01 Å². The maximum absolute atomic E-state index is 5.34. The maximum atomic E-state index is 5.34. The Bertz CT molecular complexity index is 612. The van der Waals surface area contributed by atoms with E-state index in [9.17, 15) is 0 Å². The molecule has 0 aliphatic carbocycles. The number of hydrogen-bond donors (Lipinski definition) is 2. The molecular formula is C18H26N4OS. The molecule has 0 fully saturated rings. The van der Waals surface area contributed by atoms with Crippen LogP contribution < -0.4 is 10.6 Å². The number of guanidine groups is 1. The normalized spacial score (nSPS) is 11.5. The van der Waals surface area contributed by atoms with Crippen LogP contribution in [-0.2, 0) is 11.3 Å². The highest BCUT2D eigenvalue weighted by molar-refractivity contribution is 7.13. The first-order valence-electron chi connectivity index (χ1n) is 8.43. The van der Waals surface area contributed by atoms with Crippen LogP contribution in [0.5, 0.6) is 0 Å². The predicted molar refractivity (Wildman–Crippen MR) is 101 cm³/mol. The second-order valence-electron chi connectivity index (χ2n) is 5.18. The minimum absolute atomic E-state index is 0.574. The van der Waals surface area contributed by atoms with Gasteiger partial charge in [-0.25, -0.2) is 9.98 Å². The van der Waals surface area contributed by atoms with Gasteiger partial charge in [-0.1, -0.05) is 30.3 Å². The zero-order valence-corrected chi connectivity index (χ0v) is 15.2. The molecule has 2 N–H and O–H groups in total. The summed E-state index contributed by atoms with van der Waals surface area (Å²) in [6.07, 6.45) is 0.965. The quantitative estimate of drug-likeness (QED) is 0.415. The Morgan fingerprint density at radius 2 is 2.04 bits per heavy atom. The lowest BCUT2D eigenvalue weighted by Gasteiger charge is -2.10. The fourth-order valence-corrected chi connectivity index (χ4v) is 2.94. The van der Waals surface area contributed by atoms with E-state index >= 15 is 0 Å². The van der Waals surface area contributed by atoms with Crippen molar-refractivity contribution in [2.24, 2.45) is 4.99 Å². The number of hydrogen-bond acceptors (Lipinski definition) is 4. The molecule has 0 aliphatic heterocycles. The van der Waals surface area contributed by atoms with E-state index < -0.39 is 0 Å².